The molecule has 2 aromatic carbocycles. The van der Waals surface area contributed by atoms with Gasteiger partial charge in [-0.25, -0.2) is 0 Å². The normalized spacial score (nSPS) is 7.83. The molecule has 0 bridgehead atoms. The van der Waals surface area contributed by atoms with Crippen molar-refractivity contribution in [1.82, 2.24) is 0 Å². The van der Waals surface area contributed by atoms with Gasteiger partial charge in [-0.15, -0.1) is 29.0 Å². The monoisotopic (exact) mass is 355 g/mol. The minimum absolute atomic E-state index is 0. The molecule has 5 heteroatoms. The van der Waals surface area contributed by atoms with E-state index < -0.39 is 0 Å². The molecule has 0 heterocycles. The molecule has 0 fully saturated rings. The van der Waals surface area contributed by atoms with Crippen molar-refractivity contribution in [1.29, 1.82) is 0 Å². The third-order valence-electron chi connectivity index (χ3n) is 1.90. The second-order valence-electron chi connectivity index (χ2n) is 4.10. The number of hydrogen-bond donors (Lipinski definition) is 0. The molecule has 0 nitrogen and oxygen atoms in total. The van der Waals surface area contributed by atoms with Gasteiger partial charge in [0.1, 0.15) is 0 Å². The Balaban J connectivity index is -0.000000111. The molecule has 0 aliphatic carbocycles. The zero-order valence-electron chi connectivity index (χ0n) is 11.1. The first kappa shape index (κ1) is 27.1. The number of rotatable bonds is 0. The molecule has 18 heavy (non-hydrogen) atoms. The summed E-state index contributed by atoms with van der Waals surface area (Å²) in [4.78, 5) is 0. The molecule has 1 radical (unpaired) electrons. The fourth-order valence-electron chi connectivity index (χ4n) is 1.32. The fraction of sp³-hybridized carbons (Fsp3) is 0.308. The van der Waals surface area contributed by atoms with Crippen LogP contribution in [0.3, 0.4) is 0 Å². The molecule has 0 atom stereocenters. The van der Waals surface area contributed by atoms with Crippen molar-refractivity contribution in [3.05, 3.63) is 42.0 Å². The Morgan fingerprint density at radius 2 is 1.44 bits per heavy atom. The van der Waals surface area contributed by atoms with Gasteiger partial charge in [-0.3, -0.25) is 0 Å². The van der Waals surface area contributed by atoms with Gasteiger partial charge in [-0.05, 0) is 6.92 Å². The van der Waals surface area contributed by atoms with Crippen LogP contribution in [0.1, 0.15) is 5.56 Å². The SMILES string of the molecule is C[Si](C)C.Cc1cccc2[cH-]ccc12.[Cl-].[Cl-].[Cl-].[Ti+4]. The molecule has 0 N–H and O–H groups in total. The van der Waals surface area contributed by atoms with Crippen LogP contribution in [0.5, 0.6) is 0 Å². The molecule has 0 saturated heterocycles. The van der Waals surface area contributed by atoms with Gasteiger partial charge in [0.25, 0.3) is 0 Å². The molecule has 99 valence electrons. The standard InChI is InChI=1S/C10H9.C3H9Si.3ClH.Ti/c1-8-4-2-5-9-6-3-7-10(8)9;1-4(2)3;;;;/h2-7H,1H3;1-3H3;3*1H;/q-1;;;;;+4/p-3. The van der Waals surface area contributed by atoms with E-state index in [9.17, 15) is 0 Å². The van der Waals surface area contributed by atoms with Crippen LogP contribution >= 0.6 is 0 Å². The van der Waals surface area contributed by atoms with Gasteiger partial charge in [-0.1, -0.05) is 31.3 Å². The largest absolute Gasteiger partial charge is 4.00 e. The second-order valence-corrected chi connectivity index (χ2v) is 7.10. The van der Waals surface area contributed by atoms with E-state index in [4.69, 9.17) is 0 Å². The van der Waals surface area contributed by atoms with Crippen molar-refractivity contribution in [3.63, 3.8) is 0 Å². The molecule has 0 unspecified atom stereocenters. The van der Waals surface area contributed by atoms with Gasteiger partial charge in [0, 0.05) is 8.80 Å². The predicted molar refractivity (Wildman–Crippen MR) is 67.6 cm³/mol. The van der Waals surface area contributed by atoms with Crippen LogP contribution in [0.15, 0.2) is 36.4 Å². The van der Waals surface area contributed by atoms with Crippen LogP contribution < -0.4 is 37.2 Å². The third kappa shape index (κ3) is 9.55. The van der Waals surface area contributed by atoms with Crippen LogP contribution in [0.25, 0.3) is 10.8 Å². The van der Waals surface area contributed by atoms with E-state index in [2.05, 4.69) is 63.0 Å². The van der Waals surface area contributed by atoms with Gasteiger partial charge in [0.05, 0.1) is 0 Å². The Labute approximate surface area is 146 Å². The topological polar surface area (TPSA) is 0 Å². The van der Waals surface area contributed by atoms with E-state index in [1.807, 2.05) is 0 Å². The first-order valence-electron chi connectivity index (χ1n) is 4.99. The number of benzene rings is 1. The van der Waals surface area contributed by atoms with Gasteiger partial charge in [0.15, 0.2) is 0 Å². The summed E-state index contributed by atoms with van der Waals surface area (Å²) in [5.74, 6) is 0. The third-order valence-corrected chi connectivity index (χ3v) is 1.90. The summed E-state index contributed by atoms with van der Waals surface area (Å²) in [6, 6.07) is 12.8. The first-order chi connectivity index (χ1) is 6.61. The molecule has 0 aliphatic heterocycles. The smallest absolute Gasteiger partial charge is 1.00 e. The van der Waals surface area contributed by atoms with Crippen molar-refractivity contribution in [2.45, 2.75) is 26.6 Å². The number of halogens is 3. The Morgan fingerprint density at radius 3 is 1.89 bits per heavy atom. The molecule has 0 amide bonds. The van der Waals surface area contributed by atoms with Crippen molar-refractivity contribution in [3.8, 4) is 0 Å². The summed E-state index contributed by atoms with van der Waals surface area (Å²) in [6.45, 7) is 8.95. The number of fused-ring (bicyclic) bond motifs is 1. The average Bonchev–Trinajstić information content (AvgIpc) is 2.52. The van der Waals surface area contributed by atoms with Crippen molar-refractivity contribution in [2.24, 2.45) is 0 Å². The Hall–Kier alpha value is 0.631. The predicted octanol–water partition coefficient (Wildman–Crippen LogP) is -4.75. The Bertz CT molecular complexity index is 399. The Kier molecular flexibility index (Phi) is 21.1. The van der Waals surface area contributed by atoms with E-state index in [1.165, 1.54) is 16.3 Å². The molecule has 0 saturated carbocycles. The molecular weight excluding hydrogens is 338 g/mol. The van der Waals surface area contributed by atoms with E-state index in [0.29, 0.717) is 0 Å². The zero-order valence-corrected chi connectivity index (χ0v) is 15.9. The fourth-order valence-corrected chi connectivity index (χ4v) is 1.32. The van der Waals surface area contributed by atoms with E-state index in [0.717, 1.165) is 0 Å². The number of hydrogen-bond acceptors (Lipinski definition) is 0. The maximum atomic E-state index is 2.27. The van der Waals surface area contributed by atoms with Crippen LogP contribution in [0, 0.1) is 6.92 Å². The zero-order chi connectivity index (χ0) is 10.6. The van der Waals surface area contributed by atoms with E-state index in [1.54, 1.807) is 0 Å². The van der Waals surface area contributed by atoms with Gasteiger partial charge < -0.3 is 37.2 Å². The van der Waals surface area contributed by atoms with Crippen molar-refractivity contribution < 1.29 is 58.9 Å². The summed E-state index contributed by atoms with van der Waals surface area (Å²) >= 11 is 0. The Morgan fingerprint density at radius 1 is 0.944 bits per heavy atom. The van der Waals surface area contributed by atoms with E-state index >= 15 is 0 Å². The van der Waals surface area contributed by atoms with Gasteiger partial charge >= 0.3 is 21.7 Å². The summed E-state index contributed by atoms with van der Waals surface area (Å²) in [5.41, 5.74) is 1.36. The molecule has 2 rings (SSSR count). The maximum Gasteiger partial charge on any atom is 4.00 e. The van der Waals surface area contributed by atoms with Gasteiger partial charge in [0.2, 0.25) is 0 Å². The first-order valence-corrected chi connectivity index (χ1v) is 7.99. The molecule has 0 aromatic heterocycles. The summed E-state index contributed by atoms with van der Waals surface area (Å²) < 4.78 is 0. The van der Waals surface area contributed by atoms with Crippen molar-refractivity contribution in [2.75, 3.05) is 0 Å². The van der Waals surface area contributed by atoms with Crippen molar-refractivity contribution >= 4 is 19.6 Å². The van der Waals surface area contributed by atoms with Crippen LogP contribution in [0.2, 0.25) is 19.6 Å². The number of aryl methyl sites for hydroxylation is 1. The summed E-state index contributed by atoms with van der Waals surface area (Å²) in [5, 5.41) is 2.72. The van der Waals surface area contributed by atoms with Crippen LogP contribution in [-0.4, -0.2) is 8.80 Å². The minimum atomic E-state index is 0. The summed E-state index contributed by atoms with van der Waals surface area (Å²) in [6.07, 6.45) is 0. The van der Waals surface area contributed by atoms with E-state index in [-0.39, 0.29) is 67.7 Å². The minimum Gasteiger partial charge on any atom is -1.00 e. The van der Waals surface area contributed by atoms with Crippen LogP contribution in [0.4, 0.5) is 0 Å². The molecule has 0 spiro atoms. The maximum absolute atomic E-state index is 2.27. The van der Waals surface area contributed by atoms with Gasteiger partial charge in [-0.2, -0.15) is 12.1 Å². The molecular formula is C13H18Cl3SiTi. The van der Waals surface area contributed by atoms with Crippen LogP contribution in [-0.2, 0) is 21.7 Å². The molecule has 2 aromatic rings. The average molecular weight is 357 g/mol. The quantitative estimate of drug-likeness (QED) is 0.329. The molecule has 0 aliphatic rings. The second kappa shape index (κ2) is 14.0. The summed E-state index contributed by atoms with van der Waals surface area (Å²) in [7, 11) is 0.120.